The molecule has 0 spiro atoms. The molecule has 0 radical (unpaired) electrons. The minimum absolute atomic E-state index is 0.370. The molecule has 2 aromatic carbocycles. The molecule has 0 amide bonds. The van der Waals surface area contributed by atoms with Gasteiger partial charge in [-0.3, -0.25) is 0 Å². The van der Waals surface area contributed by atoms with Crippen molar-refractivity contribution in [3.05, 3.63) is 63.6 Å². The molecular weight excluding hydrogens is 328 g/mol. The molecule has 2 nitrogen and oxygen atoms in total. The van der Waals surface area contributed by atoms with E-state index < -0.39 is 11.9 Å². The molecule has 2 rings (SSSR count). The predicted molar refractivity (Wildman–Crippen MR) is 78.0 cm³/mol. The van der Waals surface area contributed by atoms with Gasteiger partial charge in [0.25, 0.3) is 0 Å². The second-order valence-electron chi connectivity index (χ2n) is 4.27. The molecule has 20 heavy (non-hydrogen) atoms. The van der Waals surface area contributed by atoms with E-state index in [4.69, 9.17) is 4.74 Å². The maximum atomic E-state index is 14.1. The molecule has 0 aliphatic carbocycles. The lowest BCUT2D eigenvalue weighted by Crippen LogP contribution is -2.20. The van der Waals surface area contributed by atoms with Crippen LogP contribution in [0.5, 0.6) is 5.75 Å². The molecule has 1 unspecified atom stereocenters. The number of halogens is 3. The zero-order valence-corrected chi connectivity index (χ0v) is 12.7. The van der Waals surface area contributed by atoms with Crippen LogP contribution in [0.1, 0.15) is 17.2 Å². The van der Waals surface area contributed by atoms with E-state index in [1.807, 2.05) is 0 Å². The van der Waals surface area contributed by atoms with Gasteiger partial charge in [-0.1, -0.05) is 22.0 Å². The number of hydrogen-bond donors (Lipinski definition) is 1. The van der Waals surface area contributed by atoms with Gasteiger partial charge in [0.15, 0.2) is 0 Å². The molecule has 0 fully saturated rings. The van der Waals surface area contributed by atoms with Gasteiger partial charge in [-0.15, -0.1) is 0 Å². The molecule has 0 aliphatic heterocycles. The maximum Gasteiger partial charge on any atom is 0.129 e. The molecule has 106 valence electrons. The molecule has 1 N–H and O–H groups in total. The summed E-state index contributed by atoms with van der Waals surface area (Å²) in [5, 5.41) is 2.99. The molecule has 0 bridgehead atoms. The average Bonchev–Trinajstić information content (AvgIpc) is 2.42. The fourth-order valence-electron chi connectivity index (χ4n) is 2.14. The summed E-state index contributed by atoms with van der Waals surface area (Å²) in [5.74, 6) is -0.253. The Hall–Kier alpha value is -1.46. The largest absolute Gasteiger partial charge is 0.496 e. The summed E-state index contributed by atoms with van der Waals surface area (Å²) < 4.78 is 33.5. The number of hydrogen-bond acceptors (Lipinski definition) is 2. The Morgan fingerprint density at radius 1 is 1.10 bits per heavy atom. The van der Waals surface area contributed by atoms with Crippen LogP contribution in [0.3, 0.4) is 0 Å². The van der Waals surface area contributed by atoms with Gasteiger partial charge in [0.1, 0.15) is 17.4 Å². The molecule has 2 aromatic rings. The predicted octanol–water partition coefficient (Wildman–Crippen LogP) is 4.04. The smallest absolute Gasteiger partial charge is 0.129 e. The highest BCUT2D eigenvalue weighted by atomic mass is 79.9. The summed E-state index contributed by atoms with van der Waals surface area (Å²) in [6, 6.07) is 8.49. The van der Waals surface area contributed by atoms with Crippen molar-refractivity contribution in [1.29, 1.82) is 0 Å². The quantitative estimate of drug-likeness (QED) is 0.905. The van der Waals surface area contributed by atoms with E-state index in [1.54, 1.807) is 19.2 Å². The van der Waals surface area contributed by atoms with Gasteiger partial charge in [0, 0.05) is 15.6 Å². The molecule has 5 heteroatoms. The van der Waals surface area contributed by atoms with Crippen LogP contribution >= 0.6 is 15.9 Å². The standard InChI is InChI=1S/C15H14BrF2NO/c1-19-15(11-5-3-9(16)7-13(11)18)12-8-10(17)4-6-14(12)20-2/h3-8,15,19H,1-2H3. The van der Waals surface area contributed by atoms with Gasteiger partial charge in [0.2, 0.25) is 0 Å². The van der Waals surface area contributed by atoms with Crippen LogP contribution in [0.25, 0.3) is 0 Å². The second kappa shape index (κ2) is 6.33. The first kappa shape index (κ1) is 14.9. The average molecular weight is 342 g/mol. The van der Waals surface area contributed by atoms with Crippen molar-refractivity contribution in [1.82, 2.24) is 5.32 Å². The lowest BCUT2D eigenvalue weighted by molar-refractivity contribution is 0.403. The van der Waals surface area contributed by atoms with E-state index >= 15 is 0 Å². The third-order valence-corrected chi connectivity index (χ3v) is 3.56. The highest BCUT2D eigenvalue weighted by molar-refractivity contribution is 9.10. The van der Waals surface area contributed by atoms with E-state index in [0.29, 0.717) is 21.3 Å². The Morgan fingerprint density at radius 2 is 1.85 bits per heavy atom. The Morgan fingerprint density at radius 3 is 2.45 bits per heavy atom. The van der Waals surface area contributed by atoms with E-state index in [1.165, 1.54) is 31.4 Å². The van der Waals surface area contributed by atoms with Crippen LogP contribution in [0.15, 0.2) is 40.9 Å². The fourth-order valence-corrected chi connectivity index (χ4v) is 2.48. The molecule has 0 heterocycles. The van der Waals surface area contributed by atoms with Crippen LogP contribution in [0.2, 0.25) is 0 Å². The highest BCUT2D eigenvalue weighted by Gasteiger charge is 2.20. The first-order chi connectivity index (χ1) is 9.56. The van der Waals surface area contributed by atoms with E-state index in [-0.39, 0.29) is 5.82 Å². The fraction of sp³-hybridized carbons (Fsp3) is 0.200. The topological polar surface area (TPSA) is 21.3 Å². The molecule has 0 saturated heterocycles. The van der Waals surface area contributed by atoms with Crippen molar-refractivity contribution in [3.8, 4) is 5.75 Å². The van der Waals surface area contributed by atoms with Crippen LogP contribution in [0, 0.1) is 11.6 Å². The summed E-state index contributed by atoms with van der Waals surface area (Å²) in [6.07, 6.45) is 0. The normalized spacial score (nSPS) is 12.2. The third kappa shape index (κ3) is 2.99. The minimum atomic E-state index is -0.492. The summed E-state index contributed by atoms with van der Waals surface area (Å²) in [5.41, 5.74) is 0.982. The van der Waals surface area contributed by atoms with Crippen LogP contribution < -0.4 is 10.1 Å². The van der Waals surface area contributed by atoms with Crippen LogP contribution in [-0.4, -0.2) is 14.2 Å². The Kier molecular flexibility index (Phi) is 4.73. The van der Waals surface area contributed by atoms with Crippen molar-refractivity contribution in [2.45, 2.75) is 6.04 Å². The van der Waals surface area contributed by atoms with Gasteiger partial charge in [-0.05, 0) is 37.4 Å². The summed E-state index contributed by atoms with van der Waals surface area (Å²) in [4.78, 5) is 0. The van der Waals surface area contributed by atoms with Crippen LogP contribution in [-0.2, 0) is 0 Å². The van der Waals surface area contributed by atoms with E-state index in [9.17, 15) is 8.78 Å². The van der Waals surface area contributed by atoms with Gasteiger partial charge >= 0.3 is 0 Å². The van der Waals surface area contributed by atoms with Gasteiger partial charge in [0.05, 0.1) is 13.2 Å². The molecular formula is C15H14BrF2NO. The number of nitrogens with one attached hydrogen (secondary N) is 1. The van der Waals surface area contributed by atoms with Gasteiger partial charge < -0.3 is 10.1 Å². The first-order valence-electron chi connectivity index (χ1n) is 6.02. The van der Waals surface area contributed by atoms with Crippen molar-refractivity contribution in [2.24, 2.45) is 0 Å². The zero-order chi connectivity index (χ0) is 14.7. The van der Waals surface area contributed by atoms with Crippen molar-refractivity contribution >= 4 is 15.9 Å². The molecule has 0 aromatic heterocycles. The number of benzene rings is 2. The molecule has 0 saturated carbocycles. The van der Waals surface area contributed by atoms with Crippen LogP contribution in [0.4, 0.5) is 8.78 Å². The molecule has 0 aliphatic rings. The number of ether oxygens (including phenoxy) is 1. The monoisotopic (exact) mass is 341 g/mol. The summed E-state index contributed by atoms with van der Waals surface area (Å²) in [7, 11) is 3.19. The maximum absolute atomic E-state index is 14.1. The summed E-state index contributed by atoms with van der Waals surface area (Å²) in [6.45, 7) is 0. The first-order valence-corrected chi connectivity index (χ1v) is 6.81. The van der Waals surface area contributed by atoms with E-state index in [2.05, 4.69) is 21.2 Å². The SMILES string of the molecule is CNC(c1ccc(Br)cc1F)c1cc(F)ccc1OC. The van der Waals surface area contributed by atoms with E-state index in [0.717, 1.165) is 0 Å². The lowest BCUT2D eigenvalue weighted by Gasteiger charge is -2.20. The van der Waals surface area contributed by atoms with Gasteiger partial charge in [-0.25, -0.2) is 8.78 Å². The van der Waals surface area contributed by atoms with Crippen molar-refractivity contribution in [3.63, 3.8) is 0 Å². The minimum Gasteiger partial charge on any atom is -0.496 e. The Balaban J connectivity index is 2.54. The highest BCUT2D eigenvalue weighted by Crippen LogP contribution is 2.32. The number of methoxy groups -OCH3 is 1. The molecule has 1 atom stereocenters. The summed E-state index contributed by atoms with van der Waals surface area (Å²) >= 11 is 3.22. The Bertz CT molecular complexity index is 619. The lowest BCUT2D eigenvalue weighted by atomic mass is 9.97. The number of rotatable bonds is 4. The Labute approximate surface area is 124 Å². The zero-order valence-electron chi connectivity index (χ0n) is 11.1. The van der Waals surface area contributed by atoms with Crippen molar-refractivity contribution < 1.29 is 13.5 Å². The van der Waals surface area contributed by atoms with Crippen molar-refractivity contribution in [2.75, 3.05) is 14.2 Å². The second-order valence-corrected chi connectivity index (χ2v) is 5.19. The van der Waals surface area contributed by atoms with Gasteiger partial charge in [-0.2, -0.15) is 0 Å². The third-order valence-electron chi connectivity index (χ3n) is 3.06.